The van der Waals surface area contributed by atoms with Crippen LogP contribution in [0.15, 0.2) is 30.6 Å². The molecular formula is C17H22N4. The van der Waals surface area contributed by atoms with Crippen molar-refractivity contribution >= 4 is 17.3 Å². The van der Waals surface area contributed by atoms with Gasteiger partial charge in [0.15, 0.2) is 0 Å². The number of hydrogen-bond donors (Lipinski definition) is 1. The molecule has 0 spiro atoms. The molecule has 0 amide bonds. The fourth-order valence-electron chi connectivity index (χ4n) is 3.09. The Morgan fingerprint density at radius 3 is 2.86 bits per heavy atom. The second kappa shape index (κ2) is 6.12. The lowest BCUT2D eigenvalue weighted by Crippen LogP contribution is -2.21. The SMILES string of the molecule is CCc1c(NC)ncnc1N1CCCCc2ccccc21. The molecule has 2 heterocycles. The Morgan fingerprint density at radius 1 is 1.19 bits per heavy atom. The van der Waals surface area contributed by atoms with Crippen LogP contribution in [0.4, 0.5) is 17.3 Å². The van der Waals surface area contributed by atoms with Gasteiger partial charge in [-0.15, -0.1) is 0 Å². The zero-order valence-corrected chi connectivity index (χ0v) is 12.8. The number of fused-ring (bicyclic) bond motifs is 1. The van der Waals surface area contributed by atoms with Crippen molar-refractivity contribution in [1.29, 1.82) is 0 Å². The molecule has 0 fully saturated rings. The third kappa shape index (κ3) is 2.58. The maximum absolute atomic E-state index is 4.60. The Kier molecular flexibility index (Phi) is 4.04. The van der Waals surface area contributed by atoms with E-state index in [1.807, 2.05) is 7.05 Å². The molecule has 0 saturated carbocycles. The highest BCUT2D eigenvalue weighted by Crippen LogP contribution is 2.34. The number of nitrogens with one attached hydrogen (secondary N) is 1. The lowest BCUT2D eigenvalue weighted by Gasteiger charge is -2.26. The predicted octanol–water partition coefficient (Wildman–Crippen LogP) is 3.56. The van der Waals surface area contributed by atoms with Gasteiger partial charge in [-0.3, -0.25) is 0 Å². The van der Waals surface area contributed by atoms with E-state index in [4.69, 9.17) is 0 Å². The van der Waals surface area contributed by atoms with Gasteiger partial charge in [-0.1, -0.05) is 25.1 Å². The van der Waals surface area contributed by atoms with Crippen LogP contribution in [0, 0.1) is 0 Å². The van der Waals surface area contributed by atoms with Crippen molar-refractivity contribution in [2.24, 2.45) is 0 Å². The molecule has 3 rings (SSSR count). The second-order valence-corrected chi connectivity index (χ2v) is 5.37. The molecule has 1 aromatic carbocycles. The Morgan fingerprint density at radius 2 is 2.05 bits per heavy atom. The molecule has 0 aliphatic carbocycles. The molecule has 0 unspecified atom stereocenters. The third-order valence-corrected chi connectivity index (χ3v) is 4.13. The summed E-state index contributed by atoms with van der Waals surface area (Å²) in [7, 11) is 1.92. The zero-order valence-electron chi connectivity index (χ0n) is 12.8. The highest BCUT2D eigenvalue weighted by atomic mass is 15.2. The molecule has 4 heteroatoms. The third-order valence-electron chi connectivity index (χ3n) is 4.13. The predicted molar refractivity (Wildman–Crippen MR) is 87.3 cm³/mol. The minimum absolute atomic E-state index is 0.922. The van der Waals surface area contributed by atoms with E-state index in [2.05, 4.69) is 51.4 Å². The summed E-state index contributed by atoms with van der Waals surface area (Å²) in [6.07, 6.45) is 6.16. The molecule has 1 aliphatic heterocycles. The van der Waals surface area contributed by atoms with Gasteiger partial charge in [-0.2, -0.15) is 0 Å². The van der Waals surface area contributed by atoms with Crippen molar-refractivity contribution in [2.75, 3.05) is 23.8 Å². The number of hydrogen-bond acceptors (Lipinski definition) is 4. The number of aromatic nitrogens is 2. The molecule has 2 aromatic rings. The van der Waals surface area contributed by atoms with Gasteiger partial charge in [0, 0.05) is 24.8 Å². The monoisotopic (exact) mass is 282 g/mol. The largest absolute Gasteiger partial charge is 0.373 e. The first-order chi connectivity index (χ1) is 10.3. The van der Waals surface area contributed by atoms with Crippen molar-refractivity contribution < 1.29 is 0 Å². The average Bonchev–Trinajstić information content (AvgIpc) is 2.76. The van der Waals surface area contributed by atoms with Crippen molar-refractivity contribution in [2.45, 2.75) is 32.6 Å². The van der Waals surface area contributed by atoms with Crippen LogP contribution in [0.25, 0.3) is 0 Å². The molecule has 0 bridgehead atoms. The minimum atomic E-state index is 0.922. The molecule has 1 N–H and O–H groups in total. The highest BCUT2D eigenvalue weighted by Gasteiger charge is 2.21. The van der Waals surface area contributed by atoms with E-state index < -0.39 is 0 Å². The summed E-state index contributed by atoms with van der Waals surface area (Å²) in [5.41, 5.74) is 3.91. The number of benzene rings is 1. The van der Waals surface area contributed by atoms with Gasteiger partial charge in [-0.05, 0) is 37.3 Å². The lowest BCUT2D eigenvalue weighted by molar-refractivity contribution is 0.755. The van der Waals surface area contributed by atoms with Crippen molar-refractivity contribution in [3.8, 4) is 0 Å². The molecule has 0 atom stereocenters. The van der Waals surface area contributed by atoms with Crippen LogP contribution in [-0.4, -0.2) is 23.6 Å². The van der Waals surface area contributed by atoms with Crippen LogP contribution in [0.3, 0.4) is 0 Å². The van der Waals surface area contributed by atoms with Gasteiger partial charge in [0.25, 0.3) is 0 Å². The van der Waals surface area contributed by atoms with Crippen molar-refractivity contribution in [1.82, 2.24) is 9.97 Å². The summed E-state index contributed by atoms with van der Waals surface area (Å²) in [5, 5.41) is 3.19. The van der Waals surface area contributed by atoms with Crippen molar-refractivity contribution in [3.05, 3.63) is 41.7 Å². The average molecular weight is 282 g/mol. The summed E-state index contributed by atoms with van der Waals surface area (Å²) in [6, 6.07) is 8.69. The number of rotatable bonds is 3. The Labute approximate surface area is 126 Å². The van der Waals surface area contributed by atoms with Crippen LogP contribution < -0.4 is 10.2 Å². The van der Waals surface area contributed by atoms with E-state index in [0.717, 1.165) is 31.0 Å². The molecule has 21 heavy (non-hydrogen) atoms. The van der Waals surface area contributed by atoms with Gasteiger partial charge in [0.2, 0.25) is 0 Å². The topological polar surface area (TPSA) is 41.1 Å². The number of aryl methyl sites for hydroxylation is 1. The summed E-state index contributed by atoms with van der Waals surface area (Å²) in [5.74, 6) is 1.98. The number of para-hydroxylation sites is 1. The van der Waals surface area contributed by atoms with E-state index in [1.165, 1.54) is 29.7 Å². The van der Waals surface area contributed by atoms with Gasteiger partial charge in [0.1, 0.15) is 18.0 Å². The lowest BCUT2D eigenvalue weighted by atomic mass is 10.1. The maximum Gasteiger partial charge on any atom is 0.141 e. The normalized spacial score (nSPS) is 14.5. The summed E-state index contributed by atoms with van der Waals surface area (Å²) in [6.45, 7) is 3.18. The summed E-state index contributed by atoms with van der Waals surface area (Å²) < 4.78 is 0. The fraction of sp³-hybridized carbons (Fsp3) is 0.412. The van der Waals surface area contributed by atoms with E-state index in [1.54, 1.807) is 6.33 Å². The first-order valence-corrected chi connectivity index (χ1v) is 7.72. The van der Waals surface area contributed by atoms with Crippen LogP contribution >= 0.6 is 0 Å². The number of nitrogens with zero attached hydrogens (tertiary/aromatic N) is 3. The Bertz CT molecular complexity index is 624. The van der Waals surface area contributed by atoms with Crippen LogP contribution in [0.2, 0.25) is 0 Å². The van der Waals surface area contributed by atoms with Gasteiger partial charge in [0.05, 0.1) is 0 Å². The summed E-state index contributed by atoms with van der Waals surface area (Å²) >= 11 is 0. The fourth-order valence-corrected chi connectivity index (χ4v) is 3.09. The quantitative estimate of drug-likeness (QED) is 0.934. The molecule has 0 saturated heterocycles. The van der Waals surface area contributed by atoms with Crippen LogP contribution in [0.5, 0.6) is 0 Å². The minimum Gasteiger partial charge on any atom is -0.373 e. The molecule has 110 valence electrons. The Balaban J connectivity index is 2.12. The molecule has 1 aromatic heterocycles. The second-order valence-electron chi connectivity index (χ2n) is 5.37. The van der Waals surface area contributed by atoms with E-state index in [-0.39, 0.29) is 0 Å². The highest BCUT2D eigenvalue weighted by molar-refractivity contribution is 5.70. The zero-order chi connectivity index (χ0) is 14.7. The first-order valence-electron chi connectivity index (χ1n) is 7.72. The number of anilines is 3. The first kappa shape index (κ1) is 13.9. The van der Waals surface area contributed by atoms with Gasteiger partial charge >= 0.3 is 0 Å². The van der Waals surface area contributed by atoms with Crippen LogP contribution in [-0.2, 0) is 12.8 Å². The van der Waals surface area contributed by atoms with Crippen LogP contribution in [0.1, 0.15) is 30.9 Å². The van der Waals surface area contributed by atoms with E-state index in [9.17, 15) is 0 Å². The van der Waals surface area contributed by atoms with Crippen molar-refractivity contribution in [3.63, 3.8) is 0 Å². The van der Waals surface area contributed by atoms with E-state index in [0.29, 0.717) is 0 Å². The molecule has 1 aliphatic rings. The van der Waals surface area contributed by atoms with Gasteiger partial charge < -0.3 is 10.2 Å². The smallest absolute Gasteiger partial charge is 0.141 e. The standard InChI is InChI=1S/C17H22N4/c1-3-14-16(18-2)19-12-20-17(14)21-11-7-6-9-13-8-4-5-10-15(13)21/h4-5,8,10,12H,3,6-7,9,11H2,1-2H3,(H,18,19,20). The van der Waals surface area contributed by atoms with Gasteiger partial charge in [-0.25, -0.2) is 9.97 Å². The molecule has 4 nitrogen and oxygen atoms in total. The molecular weight excluding hydrogens is 260 g/mol. The summed E-state index contributed by atoms with van der Waals surface area (Å²) in [4.78, 5) is 11.3. The molecule has 0 radical (unpaired) electrons. The van der Waals surface area contributed by atoms with E-state index >= 15 is 0 Å². The maximum atomic E-state index is 4.60. The Hall–Kier alpha value is -2.10.